The van der Waals surface area contributed by atoms with Crippen LogP contribution in [0.15, 0.2) is 36.9 Å². The third-order valence-corrected chi connectivity index (χ3v) is 8.21. The Bertz CT molecular complexity index is 1800. The van der Waals surface area contributed by atoms with E-state index < -0.39 is 41.1 Å². The summed E-state index contributed by atoms with van der Waals surface area (Å²) in [7, 11) is 0. The molecule has 222 valence electrons. The molecule has 43 heavy (non-hydrogen) atoms. The molecule has 1 aromatic carbocycles. The molecule has 0 bridgehead atoms. The average molecular weight is 614 g/mol. The molecule has 0 spiro atoms. The van der Waals surface area contributed by atoms with Gasteiger partial charge < -0.3 is 10.2 Å². The van der Waals surface area contributed by atoms with Gasteiger partial charge in [-0.2, -0.15) is 5.10 Å². The number of nitrogens with one attached hydrogen (secondary N) is 1. The molecule has 6 rings (SSSR count). The zero-order valence-electron chi connectivity index (χ0n) is 23.1. The number of hydrogen-bond acceptors (Lipinski definition) is 6. The normalized spacial score (nSPS) is 18.3. The molecule has 1 N–H and O–H groups in total. The van der Waals surface area contributed by atoms with Crippen LogP contribution in [-0.2, 0) is 4.79 Å². The van der Waals surface area contributed by atoms with Gasteiger partial charge in [0.2, 0.25) is 5.91 Å². The number of carbonyl (C=O) groups excluding carboxylic acids is 2. The summed E-state index contributed by atoms with van der Waals surface area (Å²) >= 11 is 5.82. The van der Waals surface area contributed by atoms with Crippen molar-refractivity contribution in [3.05, 3.63) is 81.8 Å². The minimum absolute atomic E-state index is 0.000171. The highest BCUT2D eigenvalue weighted by Gasteiger charge is 2.53. The molecule has 4 heterocycles. The van der Waals surface area contributed by atoms with Crippen LogP contribution in [0.25, 0.3) is 11.3 Å². The second-order valence-corrected chi connectivity index (χ2v) is 11.1. The van der Waals surface area contributed by atoms with Crippen LogP contribution in [0, 0.1) is 37.3 Å². The second-order valence-electron chi connectivity index (χ2n) is 10.7. The van der Waals surface area contributed by atoms with Crippen LogP contribution in [0.5, 0.6) is 0 Å². The zero-order chi connectivity index (χ0) is 30.7. The quantitative estimate of drug-likeness (QED) is 0.254. The third-order valence-electron chi connectivity index (χ3n) is 7.92. The molecule has 2 fully saturated rings. The molecular weight excluding hydrogens is 590 g/mol. The van der Waals surface area contributed by atoms with Gasteiger partial charge in [0.15, 0.2) is 11.6 Å². The number of pyridine rings is 1. The maximum atomic E-state index is 15.5. The Balaban J connectivity index is 1.22. The smallest absolute Gasteiger partial charge is 0.276 e. The number of rotatable bonds is 7. The first kappa shape index (κ1) is 28.7. The zero-order valence-corrected chi connectivity index (χ0v) is 23.8. The molecule has 1 saturated heterocycles. The van der Waals surface area contributed by atoms with E-state index in [2.05, 4.69) is 25.4 Å². The van der Waals surface area contributed by atoms with Crippen LogP contribution < -0.4 is 10.2 Å². The van der Waals surface area contributed by atoms with Crippen LogP contribution in [0.1, 0.15) is 58.8 Å². The fourth-order valence-electron chi connectivity index (χ4n) is 5.37. The Morgan fingerprint density at radius 1 is 1.12 bits per heavy atom. The summed E-state index contributed by atoms with van der Waals surface area (Å²) in [6.07, 6.45) is 3.24. The first-order chi connectivity index (χ1) is 20.5. The Labute approximate surface area is 247 Å². The topological polar surface area (TPSA) is 106 Å². The van der Waals surface area contributed by atoms with Gasteiger partial charge >= 0.3 is 0 Å². The predicted octanol–water partition coefficient (Wildman–Crippen LogP) is 6.07. The molecule has 9 nitrogen and oxygen atoms in total. The molecule has 0 unspecified atom stereocenters. The fourth-order valence-corrected chi connectivity index (χ4v) is 5.53. The van der Waals surface area contributed by atoms with Gasteiger partial charge in [0.25, 0.3) is 12.3 Å². The fraction of sp³-hybridized carbons (Fsp3) is 0.310. The highest BCUT2D eigenvalue weighted by Crippen LogP contribution is 2.48. The van der Waals surface area contributed by atoms with E-state index in [1.807, 2.05) is 0 Å². The lowest BCUT2D eigenvalue weighted by atomic mass is 10.0. The van der Waals surface area contributed by atoms with E-state index in [1.165, 1.54) is 30.2 Å². The first-order valence-electron chi connectivity index (χ1n) is 13.4. The van der Waals surface area contributed by atoms with Crippen molar-refractivity contribution >= 4 is 34.8 Å². The standard InChI is InChI=1S/C29H24ClF4N7O2/c1-12-21(40-10-15-6-18(15)29(40)43)9-36-26(23(12)31)14(3)41-11-16(7-37-41)38-28(42)25-13(2)35-8-20(39-25)22-17(27(33)34)4-5-19(30)24(22)32/h4-5,7-9,11,14-15,18,27H,6,10H2,1-3H3,(H,38,42)/t14-,15-,18-/m1/s1. The average Bonchev–Trinajstić information content (AvgIpc) is 3.47. The van der Waals surface area contributed by atoms with Gasteiger partial charge in [-0.05, 0) is 39.2 Å². The van der Waals surface area contributed by atoms with E-state index in [1.54, 1.807) is 18.7 Å². The third kappa shape index (κ3) is 5.01. The minimum atomic E-state index is -3.03. The number of anilines is 2. The molecule has 1 aliphatic heterocycles. The van der Waals surface area contributed by atoms with Gasteiger partial charge in [0.05, 0.1) is 52.4 Å². The van der Waals surface area contributed by atoms with E-state index in [9.17, 15) is 22.8 Å². The summed E-state index contributed by atoms with van der Waals surface area (Å²) in [6, 6.07) is 1.33. The number of hydrogen-bond donors (Lipinski definition) is 1. The highest BCUT2D eigenvalue weighted by molar-refractivity contribution is 6.31. The first-order valence-corrected chi connectivity index (χ1v) is 13.8. The SMILES string of the molecule is Cc1ncc(-c2c(C(F)F)ccc(Cl)c2F)nc1C(=O)Nc1cnn([C@H](C)c2ncc(N3C[C@H]4C[C@H]4C3=O)c(C)c2F)c1. The predicted molar refractivity (Wildman–Crippen MR) is 149 cm³/mol. The number of benzene rings is 1. The van der Waals surface area contributed by atoms with Gasteiger partial charge in [-0.25, -0.2) is 22.5 Å². The summed E-state index contributed by atoms with van der Waals surface area (Å²) in [5, 5.41) is 6.44. The molecule has 4 aromatic rings. The summed E-state index contributed by atoms with van der Waals surface area (Å²) in [5.41, 5.74) is -0.452. The highest BCUT2D eigenvalue weighted by atomic mass is 35.5. The van der Waals surface area contributed by atoms with Gasteiger partial charge in [0, 0.05) is 35.3 Å². The molecule has 3 aromatic heterocycles. The molecule has 14 heteroatoms. The number of amides is 2. The van der Waals surface area contributed by atoms with Crippen LogP contribution in [0.3, 0.4) is 0 Å². The van der Waals surface area contributed by atoms with Crippen molar-refractivity contribution in [2.75, 3.05) is 16.8 Å². The Morgan fingerprint density at radius 3 is 2.58 bits per heavy atom. The lowest BCUT2D eigenvalue weighted by molar-refractivity contribution is -0.118. The Kier molecular flexibility index (Phi) is 7.15. The Morgan fingerprint density at radius 2 is 1.88 bits per heavy atom. The number of carbonyl (C=O) groups is 2. The Hall–Kier alpha value is -4.39. The number of nitrogens with zero attached hydrogens (tertiary/aromatic N) is 6. The van der Waals surface area contributed by atoms with Crippen molar-refractivity contribution in [2.24, 2.45) is 11.8 Å². The van der Waals surface area contributed by atoms with Gasteiger partial charge in [0.1, 0.15) is 11.4 Å². The lowest BCUT2D eigenvalue weighted by Crippen LogP contribution is -2.29. The molecular formula is C29H24ClF4N7O2. The van der Waals surface area contributed by atoms with Crippen LogP contribution in [0.4, 0.5) is 28.9 Å². The largest absolute Gasteiger partial charge is 0.318 e. The monoisotopic (exact) mass is 613 g/mol. The number of piperidine rings is 1. The van der Waals surface area contributed by atoms with Crippen molar-refractivity contribution in [3.63, 3.8) is 0 Å². The van der Waals surface area contributed by atoms with Crippen LogP contribution in [0.2, 0.25) is 5.02 Å². The number of fused-ring (bicyclic) bond motifs is 1. The molecule has 2 aliphatic rings. The maximum absolute atomic E-state index is 15.5. The second kappa shape index (κ2) is 10.7. The van der Waals surface area contributed by atoms with E-state index in [0.29, 0.717) is 23.7 Å². The van der Waals surface area contributed by atoms with E-state index in [-0.39, 0.29) is 45.3 Å². The summed E-state index contributed by atoms with van der Waals surface area (Å²) in [5.74, 6) is -2.05. The molecule has 1 saturated carbocycles. The van der Waals surface area contributed by atoms with Gasteiger partial charge in [-0.15, -0.1) is 0 Å². The lowest BCUT2D eigenvalue weighted by Gasteiger charge is -2.22. The van der Waals surface area contributed by atoms with Gasteiger partial charge in [-0.3, -0.25) is 24.2 Å². The van der Waals surface area contributed by atoms with Crippen molar-refractivity contribution < 1.29 is 27.2 Å². The maximum Gasteiger partial charge on any atom is 0.276 e. The molecule has 2 amide bonds. The van der Waals surface area contributed by atoms with Crippen LogP contribution in [-0.4, -0.2) is 43.1 Å². The number of halogens is 5. The number of alkyl halides is 2. The number of aromatic nitrogens is 5. The summed E-state index contributed by atoms with van der Waals surface area (Å²) in [6.45, 7) is 5.33. The summed E-state index contributed by atoms with van der Waals surface area (Å²) in [4.78, 5) is 39.7. The van der Waals surface area contributed by atoms with Gasteiger partial charge in [-0.1, -0.05) is 17.7 Å². The van der Waals surface area contributed by atoms with Crippen molar-refractivity contribution in [2.45, 2.75) is 39.7 Å². The van der Waals surface area contributed by atoms with Crippen molar-refractivity contribution in [1.29, 1.82) is 0 Å². The van der Waals surface area contributed by atoms with E-state index in [4.69, 9.17) is 11.6 Å². The number of aryl methyl sites for hydroxylation is 1. The minimum Gasteiger partial charge on any atom is -0.318 e. The molecule has 3 atom stereocenters. The van der Waals surface area contributed by atoms with E-state index >= 15 is 4.39 Å². The van der Waals surface area contributed by atoms with Crippen molar-refractivity contribution in [3.8, 4) is 11.3 Å². The molecule has 0 radical (unpaired) electrons. The molecule has 1 aliphatic carbocycles. The summed E-state index contributed by atoms with van der Waals surface area (Å²) < 4.78 is 58.9. The van der Waals surface area contributed by atoms with Crippen LogP contribution >= 0.6 is 11.6 Å². The van der Waals surface area contributed by atoms with Crippen molar-refractivity contribution in [1.82, 2.24) is 24.7 Å². The van der Waals surface area contributed by atoms with E-state index in [0.717, 1.165) is 24.8 Å².